The molecule has 0 aliphatic carbocycles. The average Bonchev–Trinajstić information content (AvgIpc) is 3.15. The van der Waals surface area contributed by atoms with Crippen LogP contribution >= 0.6 is 11.3 Å². The van der Waals surface area contributed by atoms with E-state index in [1.165, 1.54) is 0 Å². The summed E-state index contributed by atoms with van der Waals surface area (Å²) in [6.07, 6.45) is 3.18. The van der Waals surface area contributed by atoms with Gasteiger partial charge in [-0.3, -0.25) is 4.79 Å². The van der Waals surface area contributed by atoms with Crippen molar-refractivity contribution in [2.75, 3.05) is 18.4 Å². The molecule has 126 valence electrons. The number of rotatable bonds is 2. The van der Waals surface area contributed by atoms with Crippen molar-refractivity contribution in [2.45, 2.75) is 6.54 Å². The van der Waals surface area contributed by atoms with Gasteiger partial charge in [0.25, 0.3) is 11.8 Å². The van der Waals surface area contributed by atoms with Crippen LogP contribution in [-0.2, 0) is 6.54 Å². The molecule has 1 aliphatic heterocycles. The highest BCUT2D eigenvalue weighted by Crippen LogP contribution is 2.30. The van der Waals surface area contributed by atoms with Gasteiger partial charge >= 0.3 is 0 Å². The largest absolute Gasteiger partial charge is 0.435 e. The van der Waals surface area contributed by atoms with Crippen LogP contribution in [-0.4, -0.2) is 33.9 Å². The molecule has 0 saturated heterocycles. The number of carbonyl (C=O) groups excluding carboxylic acids is 1. The first-order valence-electron chi connectivity index (χ1n) is 7.95. The number of anilines is 1. The number of ether oxygens (including phenoxy) is 1. The van der Waals surface area contributed by atoms with E-state index < -0.39 is 0 Å². The van der Waals surface area contributed by atoms with Crippen LogP contribution in [0.2, 0.25) is 0 Å². The lowest BCUT2D eigenvalue weighted by Crippen LogP contribution is -2.35. The Bertz CT molecular complexity index is 882. The summed E-state index contributed by atoms with van der Waals surface area (Å²) in [6.45, 7) is 1.69. The molecule has 1 aliphatic rings. The van der Waals surface area contributed by atoms with Crippen LogP contribution in [0.1, 0.15) is 15.2 Å². The number of nitrogens with one attached hydrogen (secondary N) is 1. The third-order valence-corrected chi connectivity index (χ3v) is 4.74. The van der Waals surface area contributed by atoms with Crippen LogP contribution in [0.4, 0.5) is 5.82 Å². The van der Waals surface area contributed by atoms with Crippen LogP contribution in [0.3, 0.4) is 0 Å². The topological polar surface area (TPSA) is 67.3 Å². The SMILES string of the molecule is O=C1c2ccccc2Oc2nccnc2NCCN1Cc1cccs1. The number of fused-ring (bicyclic) bond motifs is 2. The molecular weight excluding hydrogens is 336 g/mol. The Kier molecular flexibility index (Phi) is 4.30. The normalized spacial score (nSPS) is 14.1. The smallest absolute Gasteiger partial charge is 0.262 e. The number of hydrogen-bond donors (Lipinski definition) is 1. The molecule has 1 N–H and O–H groups in total. The van der Waals surface area contributed by atoms with Crippen molar-refractivity contribution in [1.82, 2.24) is 14.9 Å². The summed E-state index contributed by atoms with van der Waals surface area (Å²) < 4.78 is 5.89. The standard InChI is InChI=1S/C18H16N4O2S/c23-18-14-5-1-2-6-15(14)24-17-16(19-7-8-21-17)20-9-10-22(18)12-13-4-3-11-25-13/h1-8,11H,9-10,12H2,(H,19,20). The molecule has 0 saturated carbocycles. The molecule has 7 heteroatoms. The van der Waals surface area contributed by atoms with Crippen molar-refractivity contribution in [3.05, 3.63) is 64.6 Å². The summed E-state index contributed by atoms with van der Waals surface area (Å²) in [5, 5.41) is 5.22. The zero-order chi connectivity index (χ0) is 17.1. The van der Waals surface area contributed by atoms with E-state index in [0.717, 1.165) is 4.88 Å². The maximum Gasteiger partial charge on any atom is 0.262 e. The molecule has 4 rings (SSSR count). The van der Waals surface area contributed by atoms with Crippen molar-refractivity contribution in [3.63, 3.8) is 0 Å². The van der Waals surface area contributed by atoms with Crippen molar-refractivity contribution in [2.24, 2.45) is 0 Å². The molecule has 0 radical (unpaired) electrons. The first-order valence-corrected chi connectivity index (χ1v) is 8.82. The fourth-order valence-electron chi connectivity index (χ4n) is 2.68. The van der Waals surface area contributed by atoms with Crippen LogP contribution in [0, 0.1) is 0 Å². The van der Waals surface area contributed by atoms with Gasteiger partial charge in [0.2, 0.25) is 0 Å². The molecule has 25 heavy (non-hydrogen) atoms. The highest BCUT2D eigenvalue weighted by atomic mass is 32.1. The Morgan fingerprint density at radius 3 is 2.92 bits per heavy atom. The summed E-state index contributed by atoms with van der Waals surface area (Å²) >= 11 is 1.64. The fraction of sp³-hybridized carbons (Fsp3) is 0.167. The summed E-state index contributed by atoms with van der Waals surface area (Å²) in [5.41, 5.74) is 0.526. The third-order valence-electron chi connectivity index (χ3n) is 3.88. The number of thiophene rings is 1. The van der Waals surface area contributed by atoms with E-state index in [9.17, 15) is 4.79 Å². The first kappa shape index (κ1) is 15.6. The fourth-order valence-corrected chi connectivity index (χ4v) is 3.40. The Balaban J connectivity index is 1.72. The van der Waals surface area contributed by atoms with Crippen LogP contribution in [0.15, 0.2) is 54.2 Å². The highest BCUT2D eigenvalue weighted by molar-refractivity contribution is 7.09. The lowest BCUT2D eigenvalue weighted by atomic mass is 10.1. The predicted molar refractivity (Wildman–Crippen MR) is 96.1 cm³/mol. The number of para-hydroxylation sites is 1. The van der Waals surface area contributed by atoms with E-state index in [1.54, 1.807) is 35.9 Å². The van der Waals surface area contributed by atoms with Gasteiger partial charge in [-0.15, -0.1) is 11.3 Å². The molecule has 0 bridgehead atoms. The van der Waals surface area contributed by atoms with Gasteiger partial charge in [0, 0.05) is 30.4 Å². The Morgan fingerprint density at radius 2 is 2.04 bits per heavy atom. The van der Waals surface area contributed by atoms with Crippen molar-refractivity contribution in [3.8, 4) is 11.6 Å². The maximum atomic E-state index is 13.1. The van der Waals surface area contributed by atoms with Crippen LogP contribution in [0.25, 0.3) is 0 Å². The van der Waals surface area contributed by atoms with Gasteiger partial charge in [-0.2, -0.15) is 0 Å². The zero-order valence-corrected chi connectivity index (χ0v) is 14.2. The highest BCUT2D eigenvalue weighted by Gasteiger charge is 2.23. The van der Waals surface area contributed by atoms with E-state index in [2.05, 4.69) is 15.3 Å². The molecule has 3 heterocycles. The molecule has 1 amide bonds. The van der Waals surface area contributed by atoms with E-state index >= 15 is 0 Å². The predicted octanol–water partition coefficient (Wildman–Crippen LogP) is 3.40. The van der Waals surface area contributed by atoms with E-state index in [4.69, 9.17) is 4.74 Å². The monoisotopic (exact) mass is 352 g/mol. The van der Waals surface area contributed by atoms with Crippen molar-refractivity contribution in [1.29, 1.82) is 0 Å². The summed E-state index contributed by atoms with van der Waals surface area (Å²) in [7, 11) is 0. The number of nitrogens with zero attached hydrogens (tertiary/aromatic N) is 3. The van der Waals surface area contributed by atoms with E-state index in [0.29, 0.717) is 42.6 Å². The summed E-state index contributed by atoms with van der Waals surface area (Å²) in [6, 6.07) is 11.3. The molecule has 6 nitrogen and oxygen atoms in total. The van der Waals surface area contributed by atoms with Gasteiger partial charge in [0.1, 0.15) is 5.75 Å². The molecule has 0 unspecified atom stereocenters. The molecule has 0 spiro atoms. The van der Waals surface area contributed by atoms with Crippen molar-refractivity contribution >= 4 is 23.1 Å². The first-order chi connectivity index (χ1) is 12.3. The van der Waals surface area contributed by atoms with Gasteiger partial charge in [0.05, 0.1) is 12.1 Å². The van der Waals surface area contributed by atoms with Gasteiger partial charge in [-0.25, -0.2) is 9.97 Å². The minimum Gasteiger partial charge on any atom is -0.435 e. The Labute approximate surface area is 149 Å². The summed E-state index contributed by atoms with van der Waals surface area (Å²) in [4.78, 5) is 24.6. The van der Waals surface area contributed by atoms with Gasteiger partial charge in [-0.1, -0.05) is 18.2 Å². The van der Waals surface area contributed by atoms with E-state index in [-0.39, 0.29) is 5.91 Å². The number of hydrogen-bond acceptors (Lipinski definition) is 6. The molecule has 3 aromatic rings. The number of aromatic nitrogens is 2. The van der Waals surface area contributed by atoms with Gasteiger partial charge in [-0.05, 0) is 23.6 Å². The molecule has 1 aromatic carbocycles. The summed E-state index contributed by atoms with van der Waals surface area (Å²) in [5.74, 6) is 1.37. The minimum atomic E-state index is -0.0573. The average molecular weight is 352 g/mol. The quantitative estimate of drug-likeness (QED) is 0.766. The second-order valence-electron chi connectivity index (χ2n) is 5.54. The Morgan fingerprint density at radius 1 is 1.16 bits per heavy atom. The number of carbonyl (C=O) groups is 1. The molecular formula is C18H16N4O2S. The van der Waals surface area contributed by atoms with Crippen LogP contribution in [0.5, 0.6) is 11.6 Å². The van der Waals surface area contributed by atoms with E-state index in [1.807, 2.05) is 34.5 Å². The maximum absolute atomic E-state index is 13.1. The third kappa shape index (κ3) is 3.32. The lowest BCUT2D eigenvalue weighted by molar-refractivity contribution is 0.0748. The molecule has 0 atom stereocenters. The zero-order valence-electron chi connectivity index (χ0n) is 13.4. The minimum absolute atomic E-state index is 0.0573. The Hall–Kier alpha value is -2.93. The number of benzene rings is 1. The van der Waals surface area contributed by atoms with Gasteiger partial charge < -0.3 is 15.0 Å². The molecule has 2 aromatic heterocycles. The number of amides is 1. The van der Waals surface area contributed by atoms with Gasteiger partial charge in [0.15, 0.2) is 5.82 Å². The lowest BCUT2D eigenvalue weighted by Gasteiger charge is -2.25. The van der Waals surface area contributed by atoms with Crippen molar-refractivity contribution < 1.29 is 9.53 Å². The second-order valence-corrected chi connectivity index (χ2v) is 6.57. The van der Waals surface area contributed by atoms with Crippen LogP contribution < -0.4 is 10.1 Å². The second kappa shape index (κ2) is 6.90. The molecule has 0 fully saturated rings.